The molecule has 1 aromatic carbocycles. The number of carbonyl (C=O) groups excluding carboxylic acids is 1. The zero-order chi connectivity index (χ0) is 15.1. The summed E-state index contributed by atoms with van der Waals surface area (Å²) in [5.74, 6) is -0.0229. The molecule has 4 heteroatoms. The molecule has 21 heavy (non-hydrogen) atoms. The van der Waals surface area contributed by atoms with Gasteiger partial charge >= 0.3 is 5.97 Å². The maximum Gasteiger partial charge on any atom is 0.330 e. The molecule has 3 atom stereocenters. The molecule has 114 valence electrons. The lowest BCUT2D eigenvalue weighted by Crippen LogP contribution is -2.13. The molecule has 1 fully saturated rings. The SMILES string of the molecule is CCOC(=O)/C=C/[C@@H]1O[C@H]1C(C)COCc1ccccc1. The lowest BCUT2D eigenvalue weighted by atomic mass is 10.1. The van der Waals surface area contributed by atoms with E-state index < -0.39 is 0 Å². The van der Waals surface area contributed by atoms with E-state index in [-0.39, 0.29) is 18.2 Å². The molecule has 1 aliphatic heterocycles. The molecule has 0 aliphatic carbocycles. The molecule has 0 amide bonds. The van der Waals surface area contributed by atoms with E-state index in [0.29, 0.717) is 25.7 Å². The van der Waals surface area contributed by atoms with Gasteiger partial charge in [-0.1, -0.05) is 37.3 Å². The standard InChI is InChI=1S/C17H22O4/c1-3-20-16(18)10-9-15-17(21-15)13(2)11-19-12-14-7-5-4-6-8-14/h4-10,13,15,17H,3,11-12H2,1-2H3/b10-9+/t13?,15-,17-/m0/s1. The summed E-state index contributed by atoms with van der Waals surface area (Å²) in [6.45, 7) is 5.52. The van der Waals surface area contributed by atoms with Gasteiger partial charge in [0.1, 0.15) is 6.10 Å². The lowest BCUT2D eigenvalue weighted by molar-refractivity contribution is -0.137. The van der Waals surface area contributed by atoms with Gasteiger partial charge in [-0.05, 0) is 18.6 Å². The van der Waals surface area contributed by atoms with Crippen molar-refractivity contribution in [2.75, 3.05) is 13.2 Å². The highest BCUT2D eigenvalue weighted by Gasteiger charge is 2.41. The average Bonchev–Trinajstić information content (AvgIpc) is 3.26. The first-order chi connectivity index (χ1) is 10.2. The van der Waals surface area contributed by atoms with E-state index in [1.54, 1.807) is 13.0 Å². The zero-order valence-electron chi connectivity index (χ0n) is 12.5. The zero-order valence-corrected chi connectivity index (χ0v) is 12.5. The third-order valence-corrected chi connectivity index (χ3v) is 3.32. The van der Waals surface area contributed by atoms with Crippen molar-refractivity contribution in [2.45, 2.75) is 32.7 Å². The summed E-state index contributed by atoms with van der Waals surface area (Å²) in [5.41, 5.74) is 1.17. The van der Waals surface area contributed by atoms with E-state index in [2.05, 4.69) is 6.92 Å². The number of esters is 1. The molecule has 1 aromatic rings. The third kappa shape index (κ3) is 5.33. The van der Waals surface area contributed by atoms with E-state index >= 15 is 0 Å². The Morgan fingerprint density at radius 3 is 2.86 bits per heavy atom. The van der Waals surface area contributed by atoms with Crippen molar-refractivity contribution in [1.29, 1.82) is 0 Å². The Balaban J connectivity index is 1.64. The summed E-state index contributed by atoms with van der Waals surface area (Å²) in [6, 6.07) is 10.1. The van der Waals surface area contributed by atoms with Gasteiger partial charge in [-0.3, -0.25) is 0 Å². The van der Waals surface area contributed by atoms with Crippen molar-refractivity contribution < 1.29 is 19.0 Å². The molecule has 0 aromatic heterocycles. The van der Waals surface area contributed by atoms with Crippen LogP contribution in [0.15, 0.2) is 42.5 Å². The summed E-state index contributed by atoms with van der Waals surface area (Å²) in [7, 11) is 0. The van der Waals surface area contributed by atoms with Crippen molar-refractivity contribution in [2.24, 2.45) is 5.92 Å². The molecule has 1 saturated heterocycles. The van der Waals surface area contributed by atoms with Crippen molar-refractivity contribution in [3.63, 3.8) is 0 Å². The maximum atomic E-state index is 11.2. The van der Waals surface area contributed by atoms with Gasteiger partial charge in [0.25, 0.3) is 0 Å². The van der Waals surface area contributed by atoms with Crippen LogP contribution in [0.25, 0.3) is 0 Å². The van der Waals surface area contributed by atoms with Crippen LogP contribution in [0, 0.1) is 5.92 Å². The predicted octanol–water partition coefficient (Wildman–Crippen LogP) is 2.73. The van der Waals surface area contributed by atoms with Gasteiger partial charge in [0.05, 0.1) is 25.9 Å². The molecule has 2 rings (SSSR count). The van der Waals surface area contributed by atoms with Gasteiger partial charge in [0.2, 0.25) is 0 Å². The molecular weight excluding hydrogens is 268 g/mol. The van der Waals surface area contributed by atoms with E-state index in [1.807, 2.05) is 30.3 Å². The first-order valence-corrected chi connectivity index (χ1v) is 7.32. The van der Waals surface area contributed by atoms with E-state index in [9.17, 15) is 4.79 Å². The Kier molecular flexibility index (Phi) is 5.96. The molecular formula is C17H22O4. The minimum absolute atomic E-state index is 0.00438. The number of epoxide rings is 1. The summed E-state index contributed by atoms with van der Waals surface area (Å²) in [5, 5.41) is 0. The molecule has 0 saturated carbocycles. The highest BCUT2D eigenvalue weighted by atomic mass is 16.6. The summed E-state index contributed by atoms with van der Waals surface area (Å²) in [4.78, 5) is 11.2. The van der Waals surface area contributed by atoms with Gasteiger partial charge in [-0.25, -0.2) is 4.79 Å². The normalized spacial score (nSPS) is 22.2. The average molecular weight is 290 g/mol. The van der Waals surface area contributed by atoms with E-state index in [0.717, 1.165) is 0 Å². The summed E-state index contributed by atoms with van der Waals surface area (Å²) in [6.07, 6.45) is 3.33. The quantitative estimate of drug-likeness (QED) is 0.419. The van der Waals surface area contributed by atoms with Crippen molar-refractivity contribution in [3.8, 4) is 0 Å². The number of benzene rings is 1. The smallest absolute Gasteiger partial charge is 0.330 e. The molecule has 1 unspecified atom stereocenters. The molecule has 0 bridgehead atoms. The number of carbonyl (C=O) groups is 1. The highest BCUT2D eigenvalue weighted by Crippen LogP contribution is 2.30. The second-order valence-corrected chi connectivity index (χ2v) is 5.15. The molecule has 0 N–H and O–H groups in total. The summed E-state index contributed by atoms with van der Waals surface area (Å²) >= 11 is 0. The van der Waals surface area contributed by atoms with Gasteiger partial charge in [-0.2, -0.15) is 0 Å². The first-order valence-electron chi connectivity index (χ1n) is 7.32. The van der Waals surface area contributed by atoms with Gasteiger partial charge in [0.15, 0.2) is 0 Å². The first kappa shape index (κ1) is 15.7. The maximum absolute atomic E-state index is 11.2. The Labute approximate surface area is 125 Å². The Hall–Kier alpha value is -1.65. The van der Waals surface area contributed by atoms with Crippen LogP contribution >= 0.6 is 0 Å². The van der Waals surface area contributed by atoms with Crippen LogP contribution in [0.2, 0.25) is 0 Å². The number of hydrogen-bond acceptors (Lipinski definition) is 4. The molecule has 0 radical (unpaired) electrons. The van der Waals surface area contributed by atoms with Crippen LogP contribution in [-0.4, -0.2) is 31.4 Å². The topological polar surface area (TPSA) is 48.1 Å². The minimum atomic E-state index is -0.320. The lowest BCUT2D eigenvalue weighted by Gasteiger charge is -2.09. The predicted molar refractivity (Wildman–Crippen MR) is 79.7 cm³/mol. The van der Waals surface area contributed by atoms with Crippen LogP contribution in [0.1, 0.15) is 19.4 Å². The molecule has 0 spiro atoms. The number of hydrogen-bond donors (Lipinski definition) is 0. The fraction of sp³-hybridized carbons (Fsp3) is 0.471. The van der Waals surface area contributed by atoms with E-state index in [1.165, 1.54) is 11.6 Å². The van der Waals surface area contributed by atoms with Gasteiger partial charge in [0, 0.05) is 12.0 Å². The largest absolute Gasteiger partial charge is 0.463 e. The summed E-state index contributed by atoms with van der Waals surface area (Å²) < 4.78 is 16.1. The highest BCUT2D eigenvalue weighted by molar-refractivity contribution is 5.82. The minimum Gasteiger partial charge on any atom is -0.463 e. The fourth-order valence-electron chi connectivity index (χ4n) is 2.14. The monoisotopic (exact) mass is 290 g/mol. The third-order valence-electron chi connectivity index (χ3n) is 3.32. The Bertz CT molecular complexity index is 469. The number of ether oxygens (including phenoxy) is 3. The van der Waals surface area contributed by atoms with Crippen LogP contribution < -0.4 is 0 Å². The molecule has 1 aliphatic rings. The molecule has 1 heterocycles. The van der Waals surface area contributed by atoms with E-state index in [4.69, 9.17) is 14.2 Å². The number of rotatable bonds is 8. The fourth-order valence-corrected chi connectivity index (χ4v) is 2.14. The van der Waals surface area contributed by atoms with Gasteiger partial charge in [-0.15, -0.1) is 0 Å². The van der Waals surface area contributed by atoms with Crippen LogP contribution in [0.3, 0.4) is 0 Å². The van der Waals surface area contributed by atoms with Crippen LogP contribution in [-0.2, 0) is 25.6 Å². The van der Waals surface area contributed by atoms with Crippen molar-refractivity contribution in [1.82, 2.24) is 0 Å². The Morgan fingerprint density at radius 2 is 2.14 bits per heavy atom. The Morgan fingerprint density at radius 1 is 1.38 bits per heavy atom. The second-order valence-electron chi connectivity index (χ2n) is 5.15. The van der Waals surface area contributed by atoms with Crippen LogP contribution in [0.4, 0.5) is 0 Å². The van der Waals surface area contributed by atoms with Crippen molar-refractivity contribution in [3.05, 3.63) is 48.0 Å². The van der Waals surface area contributed by atoms with Crippen molar-refractivity contribution >= 4 is 5.97 Å². The van der Waals surface area contributed by atoms with Crippen LogP contribution in [0.5, 0.6) is 0 Å². The van der Waals surface area contributed by atoms with Gasteiger partial charge < -0.3 is 14.2 Å². The molecule has 4 nitrogen and oxygen atoms in total. The second kappa shape index (κ2) is 7.96.